The fraction of sp³-hybridized carbons (Fsp3) is 0.0476. The lowest BCUT2D eigenvalue weighted by Crippen LogP contribution is -2.24. The summed E-state index contributed by atoms with van der Waals surface area (Å²) >= 11 is 6.50. The van der Waals surface area contributed by atoms with Crippen LogP contribution in [0.1, 0.15) is 31.8 Å². The molecular weight excluding hydrogens is 520 g/mol. The van der Waals surface area contributed by atoms with Crippen molar-refractivity contribution in [3.05, 3.63) is 61.5 Å². The zero-order valence-corrected chi connectivity index (χ0v) is 18.6. The topological polar surface area (TPSA) is 136 Å². The summed E-state index contributed by atoms with van der Waals surface area (Å²) in [6.07, 6.45) is 0. The first-order valence-corrected chi connectivity index (χ1v) is 10.2. The predicted octanol–water partition coefficient (Wildman–Crippen LogP) is 4.24. The number of carbonyl (C=O) groups excluding carboxylic acids is 2. The van der Waals surface area contributed by atoms with E-state index in [1.54, 1.807) is 18.2 Å². The molecule has 0 bridgehead atoms. The van der Waals surface area contributed by atoms with Crippen LogP contribution in [0.2, 0.25) is 0 Å². The number of carbonyl (C=O) groups is 2. The van der Waals surface area contributed by atoms with E-state index in [1.807, 2.05) is 0 Å². The smallest absolute Gasteiger partial charge is 0.200 e. The molecule has 9 heteroatoms. The van der Waals surface area contributed by atoms with Gasteiger partial charge < -0.3 is 26.4 Å². The van der Waals surface area contributed by atoms with Gasteiger partial charge in [-0.2, -0.15) is 0 Å². The van der Waals surface area contributed by atoms with Crippen LogP contribution in [0.3, 0.4) is 0 Å². The average molecular weight is 534 g/mol. The van der Waals surface area contributed by atoms with Gasteiger partial charge in [-0.15, -0.1) is 0 Å². The van der Waals surface area contributed by atoms with E-state index in [0.29, 0.717) is 15.8 Å². The minimum absolute atomic E-state index is 0.00533. The van der Waals surface area contributed by atoms with Crippen LogP contribution in [0.25, 0.3) is 11.1 Å². The Bertz CT molecular complexity index is 1290. The van der Waals surface area contributed by atoms with E-state index in [-0.39, 0.29) is 43.7 Å². The highest BCUT2D eigenvalue weighted by atomic mass is 79.9. The quantitative estimate of drug-likeness (QED) is 0.223. The molecule has 152 valence electrons. The highest BCUT2D eigenvalue weighted by Gasteiger charge is 2.39. The summed E-state index contributed by atoms with van der Waals surface area (Å²) in [6, 6.07) is 7.81. The van der Waals surface area contributed by atoms with Crippen molar-refractivity contribution in [1.29, 1.82) is 0 Å². The van der Waals surface area contributed by atoms with Gasteiger partial charge in [0.1, 0.15) is 17.2 Å². The monoisotopic (exact) mass is 532 g/mol. The zero-order chi connectivity index (χ0) is 21.9. The van der Waals surface area contributed by atoms with Crippen LogP contribution in [0, 0.1) is 0 Å². The first-order valence-electron chi connectivity index (χ1n) is 8.57. The van der Waals surface area contributed by atoms with Crippen molar-refractivity contribution in [2.24, 2.45) is 0 Å². The van der Waals surface area contributed by atoms with E-state index in [4.69, 9.17) is 16.2 Å². The summed E-state index contributed by atoms with van der Waals surface area (Å²) < 4.78 is 6.01. The molecule has 0 aliphatic heterocycles. The summed E-state index contributed by atoms with van der Waals surface area (Å²) in [7, 11) is 1.52. The molecule has 30 heavy (non-hydrogen) atoms. The van der Waals surface area contributed by atoms with E-state index in [2.05, 4.69) is 31.9 Å². The number of phenolic OH excluding ortho intramolecular Hbond substituents is 2. The molecular formula is C21H14Br2N2O5. The fourth-order valence-electron chi connectivity index (χ4n) is 3.59. The maximum absolute atomic E-state index is 13.3. The molecule has 0 fully saturated rings. The SMILES string of the molecule is COc1ccc(-c2cc(N)c3c(c2O)C(=O)c2c(N)cc(Br)c(O)c2C3=O)cc1Br. The number of aromatic hydroxyl groups is 2. The first-order chi connectivity index (χ1) is 14.2. The van der Waals surface area contributed by atoms with Gasteiger partial charge in [-0.3, -0.25) is 9.59 Å². The lowest BCUT2D eigenvalue weighted by atomic mass is 9.80. The van der Waals surface area contributed by atoms with Gasteiger partial charge >= 0.3 is 0 Å². The van der Waals surface area contributed by atoms with Gasteiger partial charge in [-0.1, -0.05) is 6.07 Å². The Morgan fingerprint density at radius 3 is 1.93 bits per heavy atom. The Morgan fingerprint density at radius 1 is 0.800 bits per heavy atom. The molecule has 0 atom stereocenters. The third-order valence-electron chi connectivity index (χ3n) is 4.99. The molecule has 4 rings (SSSR count). The molecule has 3 aromatic carbocycles. The number of fused-ring (bicyclic) bond motifs is 2. The van der Waals surface area contributed by atoms with Crippen molar-refractivity contribution in [1.82, 2.24) is 0 Å². The maximum atomic E-state index is 13.3. The van der Waals surface area contributed by atoms with E-state index in [0.717, 1.165) is 0 Å². The molecule has 1 aliphatic rings. The number of methoxy groups -OCH3 is 1. The largest absolute Gasteiger partial charge is 0.506 e. The lowest BCUT2D eigenvalue weighted by Gasteiger charge is -2.24. The lowest BCUT2D eigenvalue weighted by molar-refractivity contribution is 0.0975. The second kappa shape index (κ2) is 7.03. The van der Waals surface area contributed by atoms with Gasteiger partial charge in [-0.05, 0) is 61.7 Å². The van der Waals surface area contributed by atoms with Crippen LogP contribution in [0.15, 0.2) is 39.3 Å². The Balaban J connectivity index is 2.01. The molecule has 0 unspecified atom stereocenters. The molecule has 0 aromatic heterocycles. The number of anilines is 2. The summed E-state index contributed by atoms with van der Waals surface area (Å²) in [4.78, 5) is 26.4. The number of nitrogen functional groups attached to an aromatic ring is 2. The molecule has 6 N–H and O–H groups in total. The van der Waals surface area contributed by atoms with Crippen molar-refractivity contribution >= 4 is 54.8 Å². The highest BCUT2D eigenvalue weighted by Crippen LogP contribution is 2.47. The first kappa shape index (κ1) is 20.2. The van der Waals surface area contributed by atoms with E-state index in [1.165, 1.54) is 19.2 Å². The van der Waals surface area contributed by atoms with Crippen molar-refractivity contribution in [2.75, 3.05) is 18.6 Å². The third kappa shape index (κ3) is 2.77. The van der Waals surface area contributed by atoms with Crippen LogP contribution in [-0.2, 0) is 0 Å². The minimum atomic E-state index is -0.696. The van der Waals surface area contributed by atoms with Crippen LogP contribution in [0.4, 0.5) is 11.4 Å². The molecule has 0 saturated carbocycles. The van der Waals surface area contributed by atoms with Gasteiger partial charge in [0.2, 0.25) is 11.6 Å². The van der Waals surface area contributed by atoms with Crippen molar-refractivity contribution in [3.8, 4) is 28.4 Å². The number of phenols is 2. The fourth-order valence-corrected chi connectivity index (χ4v) is 4.57. The maximum Gasteiger partial charge on any atom is 0.200 e. The number of hydrogen-bond donors (Lipinski definition) is 4. The number of halogens is 2. The van der Waals surface area contributed by atoms with E-state index < -0.39 is 23.1 Å². The molecule has 7 nitrogen and oxygen atoms in total. The molecule has 3 aromatic rings. The van der Waals surface area contributed by atoms with Crippen LogP contribution < -0.4 is 16.2 Å². The minimum Gasteiger partial charge on any atom is -0.506 e. The van der Waals surface area contributed by atoms with Crippen LogP contribution in [0.5, 0.6) is 17.2 Å². The van der Waals surface area contributed by atoms with Gasteiger partial charge in [0.25, 0.3) is 0 Å². The summed E-state index contributed by atoms with van der Waals surface area (Å²) in [6.45, 7) is 0. The number of ether oxygens (including phenoxy) is 1. The van der Waals surface area contributed by atoms with Gasteiger partial charge in [0, 0.05) is 16.9 Å². The van der Waals surface area contributed by atoms with Gasteiger partial charge in [0.05, 0.1) is 38.3 Å². The molecule has 0 spiro atoms. The average Bonchev–Trinajstić information content (AvgIpc) is 2.70. The predicted molar refractivity (Wildman–Crippen MR) is 119 cm³/mol. The second-order valence-electron chi connectivity index (χ2n) is 6.67. The number of rotatable bonds is 2. The second-order valence-corrected chi connectivity index (χ2v) is 8.37. The number of nitrogens with two attached hydrogens (primary N) is 2. The highest BCUT2D eigenvalue weighted by molar-refractivity contribution is 9.11. The van der Waals surface area contributed by atoms with Crippen molar-refractivity contribution < 1.29 is 24.5 Å². The summed E-state index contributed by atoms with van der Waals surface area (Å²) in [5, 5.41) is 21.3. The van der Waals surface area contributed by atoms with Crippen LogP contribution in [-0.4, -0.2) is 28.9 Å². The van der Waals surface area contributed by atoms with Gasteiger partial charge in [-0.25, -0.2) is 0 Å². The Labute approximate surface area is 187 Å². The van der Waals surface area contributed by atoms with Crippen molar-refractivity contribution in [2.45, 2.75) is 0 Å². The molecule has 0 amide bonds. The number of hydrogen-bond acceptors (Lipinski definition) is 7. The van der Waals surface area contributed by atoms with Crippen molar-refractivity contribution in [3.63, 3.8) is 0 Å². The molecule has 0 radical (unpaired) electrons. The number of benzene rings is 3. The standard InChI is InChI=1S/C21H14Br2N2O5/c1-30-13-3-2-7(4-9(13)22)8-5-11(24)14-16(18(8)26)20(28)15-12(25)6-10(23)19(27)17(15)21(14)29/h2-6,26-27H,24-25H2,1H3. The molecule has 1 aliphatic carbocycles. The summed E-state index contributed by atoms with van der Waals surface area (Å²) in [5.74, 6) is -1.62. The third-order valence-corrected chi connectivity index (χ3v) is 6.21. The van der Waals surface area contributed by atoms with Gasteiger partial charge in [0.15, 0.2) is 0 Å². The van der Waals surface area contributed by atoms with Crippen LogP contribution >= 0.6 is 31.9 Å². The molecule has 0 heterocycles. The van der Waals surface area contributed by atoms with E-state index in [9.17, 15) is 19.8 Å². The number of ketones is 2. The summed E-state index contributed by atoms with van der Waals surface area (Å²) in [5.41, 5.74) is 12.1. The zero-order valence-electron chi connectivity index (χ0n) is 15.4. The normalized spacial score (nSPS) is 12.5. The Hall–Kier alpha value is -3.04. The Kier molecular flexibility index (Phi) is 4.74. The molecule has 0 saturated heterocycles. The van der Waals surface area contributed by atoms with E-state index >= 15 is 0 Å². The Morgan fingerprint density at radius 2 is 1.37 bits per heavy atom.